The summed E-state index contributed by atoms with van der Waals surface area (Å²) < 4.78 is 0. The quantitative estimate of drug-likeness (QED) is 0.284. The molecule has 0 fully saturated rings. The Labute approximate surface area is 147 Å². The van der Waals surface area contributed by atoms with Gasteiger partial charge in [-0.2, -0.15) is 6.42 Å². The van der Waals surface area contributed by atoms with Crippen molar-refractivity contribution in [1.82, 2.24) is 0 Å². The third-order valence-electron chi connectivity index (χ3n) is 1.91. The second-order valence-corrected chi connectivity index (χ2v) is 3.59. The first-order chi connectivity index (χ1) is 7.54. The van der Waals surface area contributed by atoms with Crippen LogP contribution in [0.25, 0.3) is 0 Å². The molecule has 0 aromatic carbocycles. The van der Waals surface area contributed by atoms with Crippen LogP contribution in [0, 0.1) is 6.92 Å². The second-order valence-electron chi connectivity index (χ2n) is 3.59. The van der Waals surface area contributed by atoms with Crippen molar-refractivity contribution >= 4 is 11.9 Å². The molecule has 0 aliphatic heterocycles. The number of carboxylic acid groups (broad SMARTS) is 2. The zero-order valence-electron chi connectivity index (χ0n) is 11.1. The molecule has 17 heavy (non-hydrogen) atoms. The zero-order valence-corrected chi connectivity index (χ0v) is 14.2. The Bertz CT molecular complexity index is 165. The van der Waals surface area contributed by atoms with Crippen LogP contribution in [0.15, 0.2) is 0 Å². The maximum atomic E-state index is 9.43. The number of aliphatic carboxylic acids is 2. The number of hydrogen-bond acceptors (Lipinski definition) is 2. The third kappa shape index (κ3) is 31.5. The van der Waals surface area contributed by atoms with Gasteiger partial charge in [0.15, 0.2) is 0 Å². The topological polar surface area (TPSA) is 74.6 Å². The number of rotatable bonds is 8. The SMILES string of the molecule is O=C(O)CC(=O)O.[CH2-]CCCCCCCC.[K+]. The van der Waals surface area contributed by atoms with Gasteiger partial charge in [-0.1, -0.05) is 45.4 Å². The minimum Gasteiger partial charge on any atom is -0.481 e. The van der Waals surface area contributed by atoms with Crippen LogP contribution in [-0.4, -0.2) is 22.2 Å². The van der Waals surface area contributed by atoms with Crippen LogP contribution < -0.4 is 51.4 Å². The van der Waals surface area contributed by atoms with Crippen LogP contribution in [0.4, 0.5) is 0 Å². The molecule has 0 aliphatic rings. The summed E-state index contributed by atoms with van der Waals surface area (Å²) >= 11 is 0. The molecule has 0 aliphatic carbocycles. The molecular formula is C12H23KO4. The van der Waals surface area contributed by atoms with Gasteiger partial charge in [-0.15, -0.1) is 0 Å². The zero-order chi connectivity index (χ0) is 12.8. The fourth-order valence-corrected chi connectivity index (χ4v) is 1.09. The predicted molar refractivity (Wildman–Crippen MR) is 63.2 cm³/mol. The number of carbonyl (C=O) groups is 2. The van der Waals surface area contributed by atoms with Crippen molar-refractivity contribution in [2.45, 2.75) is 58.3 Å². The van der Waals surface area contributed by atoms with E-state index in [4.69, 9.17) is 10.2 Å². The van der Waals surface area contributed by atoms with Crippen molar-refractivity contribution in [2.75, 3.05) is 0 Å². The molecule has 96 valence electrons. The van der Waals surface area contributed by atoms with E-state index in [1.54, 1.807) is 0 Å². The van der Waals surface area contributed by atoms with E-state index in [-0.39, 0.29) is 51.4 Å². The van der Waals surface area contributed by atoms with Gasteiger partial charge in [-0.25, -0.2) is 0 Å². The van der Waals surface area contributed by atoms with Gasteiger partial charge in [0.1, 0.15) is 6.42 Å². The van der Waals surface area contributed by atoms with Crippen molar-refractivity contribution in [3.63, 3.8) is 0 Å². The number of unbranched alkanes of at least 4 members (excludes halogenated alkanes) is 6. The van der Waals surface area contributed by atoms with E-state index >= 15 is 0 Å². The summed E-state index contributed by atoms with van der Waals surface area (Å²) in [6.45, 7) is 6.05. The van der Waals surface area contributed by atoms with E-state index in [0.29, 0.717) is 0 Å². The molecule has 0 heterocycles. The van der Waals surface area contributed by atoms with Gasteiger partial charge >= 0.3 is 63.3 Å². The molecule has 0 saturated carbocycles. The van der Waals surface area contributed by atoms with Gasteiger partial charge in [0.2, 0.25) is 0 Å². The molecule has 4 nitrogen and oxygen atoms in total. The Balaban J connectivity index is -0.000000224. The average molecular weight is 270 g/mol. The molecule has 0 spiro atoms. The van der Waals surface area contributed by atoms with E-state index in [2.05, 4.69) is 13.8 Å². The molecule has 2 N–H and O–H groups in total. The molecule has 0 radical (unpaired) electrons. The van der Waals surface area contributed by atoms with E-state index in [9.17, 15) is 9.59 Å². The van der Waals surface area contributed by atoms with Crippen molar-refractivity contribution in [3.8, 4) is 0 Å². The van der Waals surface area contributed by atoms with E-state index in [1.165, 1.54) is 38.5 Å². The first-order valence-corrected chi connectivity index (χ1v) is 5.77. The van der Waals surface area contributed by atoms with Crippen LogP contribution in [0.3, 0.4) is 0 Å². The van der Waals surface area contributed by atoms with Gasteiger partial charge in [-0.05, 0) is 0 Å². The van der Waals surface area contributed by atoms with Crippen LogP contribution in [0.2, 0.25) is 0 Å². The van der Waals surface area contributed by atoms with Crippen molar-refractivity contribution in [1.29, 1.82) is 0 Å². The van der Waals surface area contributed by atoms with Gasteiger partial charge in [0, 0.05) is 0 Å². The molecular weight excluding hydrogens is 247 g/mol. The standard InChI is InChI=1S/C9H19.C3H4O4.K/c1-3-5-7-9-8-6-4-2;4-2(5)1-3(6)7;/h1,3-9H2,2H3;1H2,(H,4,5)(H,6,7);/q-1;;+1. The summed E-state index contributed by atoms with van der Waals surface area (Å²) in [5, 5.41) is 15.4. The molecule has 0 aromatic rings. The molecule has 0 unspecified atom stereocenters. The van der Waals surface area contributed by atoms with E-state index in [1.807, 2.05) is 0 Å². The van der Waals surface area contributed by atoms with Crippen LogP contribution in [0.1, 0.15) is 58.3 Å². The summed E-state index contributed by atoms with van der Waals surface area (Å²) in [6.07, 6.45) is 8.64. The Hall–Kier alpha value is 0.576. The van der Waals surface area contributed by atoms with Crippen molar-refractivity contribution < 1.29 is 71.2 Å². The molecule has 0 rings (SSSR count). The summed E-state index contributed by atoms with van der Waals surface area (Å²) in [5.74, 6) is -2.62. The largest absolute Gasteiger partial charge is 1.00 e. The third-order valence-corrected chi connectivity index (χ3v) is 1.91. The first-order valence-electron chi connectivity index (χ1n) is 5.77. The Kier molecular flexibility index (Phi) is 25.3. The summed E-state index contributed by atoms with van der Waals surface area (Å²) in [5.41, 5.74) is 0. The second kappa shape index (κ2) is 18.9. The first kappa shape index (κ1) is 22.7. The smallest absolute Gasteiger partial charge is 0.481 e. The summed E-state index contributed by atoms with van der Waals surface area (Å²) in [6, 6.07) is 0. The van der Waals surface area contributed by atoms with Gasteiger partial charge < -0.3 is 17.1 Å². The van der Waals surface area contributed by atoms with Crippen molar-refractivity contribution in [3.05, 3.63) is 6.92 Å². The molecule has 0 aromatic heterocycles. The number of carboxylic acids is 2. The maximum Gasteiger partial charge on any atom is 1.00 e. The van der Waals surface area contributed by atoms with Crippen LogP contribution in [-0.2, 0) is 9.59 Å². The average Bonchev–Trinajstić information content (AvgIpc) is 2.16. The molecule has 0 saturated heterocycles. The van der Waals surface area contributed by atoms with Gasteiger partial charge in [0.05, 0.1) is 0 Å². The predicted octanol–water partition coefficient (Wildman–Crippen LogP) is 0.121. The minimum atomic E-state index is -1.31. The van der Waals surface area contributed by atoms with E-state index < -0.39 is 18.4 Å². The minimum absolute atomic E-state index is 0. The van der Waals surface area contributed by atoms with Gasteiger partial charge in [-0.3, -0.25) is 9.59 Å². The number of hydrogen-bond donors (Lipinski definition) is 2. The van der Waals surface area contributed by atoms with Crippen LogP contribution in [0.5, 0.6) is 0 Å². The fourth-order valence-electron chi connectivity index (χ4n) is 1.09. The normalized spacial score (nSPS) is 8.59. The Morgan fingerprint density at radius 2 is 1.35 bits per heavy atom. The summed E-state index contributed by atoms with van der Waals surface area (Å²) in [7, 11) is 0. The van der Waals surface area contributed by atoms with Crippen molar-refractivity contribution in [2.24, 2.45) is 0 Å². The van der Waals surface area contributed by atoms with Crippen LogP contribution >= 0.6 is 0 Å². The fraction of sp³-hybridized carbons (Fsp3) is 0.750. The van der Waals surface area contributed by atoms with E-state index in [0.717, 1.165) is 6.42 Å². The Morgan fingerprint density at radius 3 is 1.65 bits per heavy atom. The molecule has 0 bridgehead atoms. The Morgan fingerprint density at radius 1 is 0.941 bits per heavy atom. The molecule has 5 heteroatoms. The summed E-state index contributed by atoms with van der Waals surface area (Å²) in [4.78, 5) is 18.9. The molecule has 0 atom stereocenters. The van der Waals surface area contributed by atoms with Gasteiger partial charge in [0.25, 0.3) is 0 Å². The maximum absolute atomic E-state index is 9.43. The molecule has 0 amide bonds. The monoisotopic (exact) mass is 270 g/mol.